The van der Waals surface area contributed by atoms with Crippen LogP contribution in [0, 0.1) is 13.8 Å². The number of para-hydroxylation sites is 1. The molecule has 1 N–H and O–H groups in total. The topological polar surface area (TPSA) is 52.7 Å². The van der Waals surface area contributed by atoms with E-state index >= 15 is 0 Å². The van der Waals surface area contributed by atoms with Gasteiger partial charge < -0.3 is 10.2 Å². The Hall–Kier alpha value is -2.18. The fourth-order valence-electron chi connectivity index (χ4n) is 3.28. The summed E-state index contributed by atoms with van der Waals surface area (Å²) in [4.78, 5) is 28.9. The summed E-state index contributed by atoms with van der Waals surface area (Å²) in [6.07, 6.45) is 0. The molecule has 0 radical (unpaired) electrons. The molecule has 27 heavy (non-hydrogen) atoms. The predicted octanol–water partition coefficient (Wildman–Crippen LogP) is 3.46. The highest BCUT2D eigenvalue weighted by Gasteiger charge is 2.23. The molecule has 2 amide bonds. The summed E-state index contributed by atoms with van der Waals surface area (Å²) in [6, 6.07) is 13.4. The summed E-state index contributed by atoms with van der Waals surface area (Å²) in [5.74, 6) is 0.0298. The molecule has 2 aromatic carbocycles. The zero-order chi connectivity index (χ0) is 19.4. The highest BCUT2D eigenvalue weighted by molar-refractivity contribution is 9.10. The van der Waals surface area contributed by atoms with Gasteiger partial charge in [-0.15, -0.1) is 0 Å². The zero-order valence-corrected chi connectivity index (χ0v) is 17.3. The fourth-order valence-corrected chi connectivity index (χ4v) is 3.54. The molecule has 142 valence electrons. The van der Waals surface area contributed by atoms with Crippen LogP contribution in [-0.4, -0.2) is 54.3 Å². The average Bonchev–Trinajstić information content (AvgIpc) is 2.65. The van der Waals surface area contributed by atoms with Crippen molar-refractivity contribution in [2.75, 3.05) is 38.0 Å². The van der Waals surface area contributed by atoms with E-state index in [9.17, 15) is 9.59 Å². The van der Waals surface area contributed by atoms with E-state index in [0.717, 1.165) is 21.3 Å². The highest BCUT2D eigenvalue weighted by atomic mass is 79.9. The normalized spacial score (nSPS) is 14.9. The van der Waals surface area contributed by atoms with Crippen molar-refractivity contribution in [3.05, 3.63) is 63.6 Å². The molecule has 0 atom stereocenters. The van der Waals surface area contributed by atoms with Gasteiger partial charge in [-0.1, -0.05) is 34.1 Å². The van der Waals surface area contributed by atoms with Crippen molar-refractivity contribution in [2.45, 2.75) is 13.8 Å². The Morgan fingerprint density at radius 3 is 2.15 bits per heavy atom. The van der Waals surface area contributed by atoms with Crippen LogP contribution in [0.2, 0.25) is 0 Å². The van der Waals surface area contributed by atoms with Crippen LogP contribution in [-0.2, 0) is 4.79 Å². The lowest BCUT2D eigenvalue weighted by Gasteiger charge is -2.34. The van der Waals surface area contributed by atoms with Crippen molar-refractivity contribution >= 4 is 33.4 Å². The third-order valence-electron chi connectivity index (χ3n) is 4.86. The molecule has 1 aliphatic heterocycles. The number of amides is 2. The molecule has 1 saturated heterocycles. The molecule has 0 aromatic heterocycles. The maximum absolute atomic E-state index is 12.6. The number of nitrogens with one attached hydrogen (secondary N) is 1. The van der Waals surface area contributed by atoms with Crippen molar-refractivity contribution in [3.8, 4) is 0 Å². The number of carbonyl (C=O) groups is 2. The molecule has 0 aliphatic carbocycles. The van der Waals surface area contributed by atoms with Crippen LogP contribution < -0.4 is 5.32 Å². The largest absolute Gasteiger partial charge is 0.336 e. The third-order valence-corrected chi connectivity index (χ3v) is 5.39. The van der Waals surface area contributed by atoms with Crippen LogP contribution in [0.25, 0.3) is 0 Å². The summed E-state index contributed by atoms with van der Waals surface area (Å²) >= 11 is 3.38. The summed E-state index contributed by atoms with van der Waals surface area (Å²) < 4.78 is 0.957. The monoisotopic (exact) mass is 429 g/mol. The molecule has 6 heteroatoms. The second-order valence-corrected chi connectivity index (χ2v) is 7.81. The minimum atomic E-state index is -0.0138. The van der Waals surface area contributed by atoms with Gasteiger partial charge in [0.15, 0.2) is 0 Å². The Kier molecular flexibility index (Phi) is 6.29. The summed E-state index contributed by atoms with van der Waals surface area (Å²) in [5.41, 5.74) is 3.72. The Bertz CT molecular complexity index is 808. The van der Waals surface area contributed by atoms with Crippen molar-refractivity contribution in [1.29, 1.82) is 0 Å². The molecule has 1 heterocycles. The number of benzene rings is 2. The van der Waals surface area contributed by atoms with Crippen LogP contribution >= 0.6 is 15.9 Å². The first kappa shape index (κ1) is 19.6. The van der Waals surface area contributed by atoms with E-state index in [1.54, 1.807) is 0 Å². The molecule has 0 spiro atoms. The van der Waals surface area contributed by atoms with Gasteiger partial charge in [-0.2, -0.15) is 0 Å². The minimum absolute atomic E-state index is 0.0138. The Morgan fingerprint density at radius 2 is 1.56 bits per heavy atom. The molecule has 1 fully saturated rings. The van der Waals surface area contributed by atoms with E-state index in [0.29, 0.717) is 38.3 Å². The molecule has 3 rings (SSSR count). The number of anilines is 1. The molecule has 0 saturated carbocycles. The van der Waals surface area contributed by atoms with Gasteiger partial charge in [-0.05, 0) is 49.2 Å². The maximum atomic E-state index is 12.6. The van der Waals surface area contributed by atoms with E-state index in [4.69, 9.17) is 0 Å². The van der Waals surface area contributed by atoms with Gasteiger partial charge in [0.05, 0.1) is 6.54 Å². The Labute approximate surface area is 168 Å². The van der Waals surface area contributed by atoms with Crippen molar-refractivity contribution in [3.63, 3.8) is 0 Å². The van der Waals surface area contributed by atoms with Crippen molar-refractivity contribution in [1.82, 2.24) is 9.80 Å². The number of rotatable bonds is 4. The first-order valence-electron chi connectivity index (χ1n) is 9.07. The predicted molar refractivity (Wildman–Crippen MR) is 111 cm³/mol. The van der Waals surface area contributed by atoms with E-state index in [1.807, 2.05) is 61.2 Å². The van der Waals surface area contributed by atoms with Gasteiger partial charge in [0.1, 0.15) is 0 Å². The second kappa shape index (κ2) is 8.67. The maximum Gasteiger partial charge on any atom is 0.253 e. The van der Waals surface area contributed by atoms with Gasteiger partial charge in [0, 0.05) is 41.9 Å². The first-order valence-corrected chi connectivity index (χ1v) is 9.86. The Morgan fingerprint density at radius 1 is 0.963 bits per heavy atom. The first-order chi connectivity index (χ1) is 12.9. The number of nitrogens with zero attached hydrogens (tertiary/aromatic N) is 2. The third kappa shape index (κ3) is 4.96. The number of hydrogen-bond acceptors (Lipinski definition) is 3. The summed E-state index contributed by atoms with van der Waals surface area (Å²) in [5, 5.41) is 3.03. The lowest BCUT2D eigenvalue weighted by atomic mass is 10.1. The molecular formula is C21H24BrN3O2. The number of piperazine rings is 1. The SMILES string of the molecule is Cc1cccc(C)c1NC(=O)CN1CCN(C(=O)c2ccc(Br)cc2)CC1. The number of hydrogen-bond donors (Lipinski definition) is 1. The lowest BCUT2D eigenvalue weighted by Crippen LogP contribution is -2.50. The minimum Gasteiger partial charge on any atom is -0.336 e. The Balaban J connectivity index is 1.51. The van der Waals surface area contributed by atoms with Crippen molar-refractivity contribution < 1.29 is 9.59 Å². The van der Waals surface area contributed by atoms with E-state index < -0.39 is 0 Å². The van der Waals surface area contributed by atoms with Crippen LogP contribution in [0.3, 0.4) is 0 Å². The van der Waals surface area contributed by atoms with Gasteiger partial charge in [0.25, 0.3) is 5.91 Å². The molecule has 1 aliphatic rings. The van der Waals surface area contributed by atoms with Crippen LogP contribution in [0.1, 0.15) is 21.5 Å². The quantitative estimate of drug-likeness (QED) is 0.809. The van der Waals surface area contributed by atoms with E-state index in [-0.39, 0.29) is 11.8 Å². The molecule has 0 bridgehead atoms. The molecular weight excluding hydrogens is 406 g/mol. The summed E-state index contributed by atoms with van der Waals surface area (Å²) in [7, 11) is 0. The van der Waals surface area contributed by atoms with Crippen molar-refractivity contribution in [2.24, 2.45) is 0 Å². The van der Waals surface area contributed by atoms with Crippen LogP contribution in [0.5, 0.6) is 0 Å². The van der Waals surface area contributed by atoms with Crippen LogP contribution in [0.15, 0.2) is 46.9 Å². The number of aryl methyl sites for hydroxylation is 2. The average molecular weight is 430 g/mol. The number of halogens is 1. The number of carbonyl (C=O) groups excluding carboxylic acids is 2. The molecule has 0 unspecified atom stereocenters. The smallest absolute Gasteiger partial charge is 0.253 e. The lowest BCUT2D eigenvalue weighted by molar-refractivity contribution is -0.117. The van der Waals surface area contributed by atoms with Gasteiger partial charge >= 0.3 is 0 Å². The molecule has 5 nitrogen and oxygen atoms in total. The van der Waals surface area contributed by atoms with E-state index in [2.05, 4.69) is 26.1 Å². The van der Waals surface area contributed by atoms with E-state index in [1.165, 1.54) is 0 Å². The summed E-state index contributed by atoms with van der Waals surface area (Å²) in [6.45, 7) is 6.99. The second-order valence-electron chi connectivity index (χ2n) is 6.89. The molecule has 2 aromatic rings. The van der Waals surface area contributed by atoms with Crippen LogP contribution in [0.4, 0.5) is 5.69 Å². The van der Waals surface area contributed by atoms with Gasteiger partial charge in [0.2, 0.25) is 5.91 Å². The van der Waals surface area contributed by atoms with Gasteiger partial charge in [-0.3, -0.25) is 14.5 Å². The zero-order valence-electron chi connectivity index (χ0n) is 15.7. The van der Waals surface area contributed by atoms with Gasteiger partial charge in [-0.25, -0.2) is 0 Å². The fraction of sp³-hybridized carbons (Fsp3) is 0.333. The standard InChI is InChI=1S/C21H24BrN3O2/c1-15-4-3-5-16(2)20(15)23-19(26)14-24-10-12-25(13-11-24)21(27)17-6-8-18(22)9-7-17/h3-9H,10-14H2,1-2H3,(H,23,26). The highest BCUT2D eigenvalue weighted by Crippen LogP contribution is 2.19.